The second kappa shape index (κ2) is 5.02. The number of benzene rings is 2. The van der Waals surface area contributed by atoms with Crippen LogP contribution in [-0.2, 0) is 4.79 Å². The molecule has 0 saturated heterocycles. The van der Waals surface area contributed by atoms with Crippen molar-refractivity contribution in [2.45, 2.75) is 6.92 Å². The van der Waals surface area contributed by atoms with Gasteiger partial charge in [0.05, 0.1) is 10.7 Å². The number of fused-ring (bicyclic) bond motifs is 3. The Bertz CT molecular complexity index is 815. The van der Waals surface area contributed by atoms with Crippen LogP contribution in [0.1, 0.15) is 22.8 Å². The molecule has 2 aromatic carbocycles. The van der Waals surface area contributed by atoms with Gasteiger partial charge >= 0.3 is 0 Å². The summed E-state index contributed by atoms with van der Waals surface area (Å²) in [6, 6.07) is 6.29. The van der Waals surface area contributed by atoms with E-state index in [4.69, 9.17) is 34.8 Å². The monoisotopic (exact) mass is 339 g/mol. The zero-order chi connectivity index (χ0) is 15.3. The van der Waals surface area contributed by atoms with Crippen LogP contribution in [-0.4, -0.2) is 11.7 Å². The maximum absolute atomic E-state index is 12.5. The highest BCUT2D eigenvalue weighted by molar-refractivity contribution is 6.41. The van der Waals surface area contributed by atoms with Crippen molar-refractivity contribution in [1.29, 1.82) is 0 Å². The second-order valence-corrected chi connectivity index (χ2v) is 5.98. The third kappa shape index (κ3) is 2.31. The molecule has 21 heavy (non-hydrogen) atoms. The summed E-state index contributed by atoms with van der Waals surface area (Å²) in [7, 11) is 0. The molecule has 6 heteroatoms. The quantitative estimate of drug-likeness (QED) is 0.690. The Labute approximate surface area is 135 Å². The Morgan fingerprint density at radius 1 is 0.952 bits per heavy atom. The van der Waals surface area contributed by atoms with E-state index in [9.17, 15) is 9.59 Å². The van der Waals surface area contributed by atoms with Crippen molar-refractivity contribution in [3.05, 3.63) is 50.5 Å². The fourth-order valence-corrected chi connectivity index (χ4v) is 3.30. The molecule has 0 spiro atoms. The van der Waals surface area contributed by atoms with Gasteiger partial charge in [0.15, 0.2) is 5.78 Å². The Morgan fingerprint density at radius 2 is 1.52 bits per heavy atom. The number of amides is 1. The topological polar surface area (TPSA) is 46.2 Å². The summed E-state index contributed by atoms with van der Waals surface area (Å²) in [6.45, 7) is 1.38. The molecule has 1 amide bonds. The molecule has 3 rings (SSSR count). The van der Waals surface area contributed by atoms with Crippen LogP contribution in [0.25, 0.3) is 11.1 Å². The number of rotatable bonds is 1. The maximum atomic E-state index is 12.5. The van der Waals surface area contributed by atoms with Gasteiger partial charge in [0.2, 0.25) is 5.91 Å². The predicted molar refractivity (Wildman–Crippen MR) is 84.6 cm³/mol. The predicted octanol–water partition coefficient (Wildman–Crippen LogP) is 4.82. The number of halogens is 3. The van der Waals surface area contributed by atoms with Crippen molar-refractivity contribution in [1.82, 2.24) is 0 Å². The van der Waals surface area contributed by atoms with Gasteiger partial charge < -0.3 is 5.32 Å². The standard InChI is InChI=1S/C15H8Cl3NO2/c1-6(20)19-12-5-8(17)3-10-14(12)13-9(15(10)21)2-7(16)4-11(13)18/h2-5H,1H3,(H,19,20). The molecule has 0 heterocycles. The molecule has 0 radical (unpaired) electrons. The smallest absolute Gasteiger partial charge is 0.221 e. The molecule has 1 aliphatic carbocycles. The lowest BCUT2D eigenvalue weighted by Crippen LogP contribution is -2.07. The first-order chi connectivity index (χ1) is 9.88. The Morgan fingerprint density at radius 3 is 2.14 bits per heavy atom. The molecule has 3 nitrogen and oxygen atoms in total. The summed E-state index contributed by atoms with van der Waals surface area (Å²) < 4.78 is 0. The van der Waals surface area contributed by atoms with E-state index < -0.39 is 0 Å². The Hall–Kier alpha value is -1.55. The van der Waals surface area contributed by atoms with Crippen LogP contribution in [0, 0.1) is 0 Å². The lowest BCUT2D eigenvalue weighted by molar-refractivity contribution is -0.114. The summed E-state index contributed by atoms with van der Waals surface area (Å²) in [5, 5.41) is 3.79. The van der Waals surface area contributed by atoms with Crippen molar-refractivity contribution in [3.8, 4) is 11.1 Å². The van der Waals surface area contributed by atoms with Crippen LogP contribution >= 0.6 is 34.8 Å². The van der Waals surface area contributed by atoms with Gasteiger partial charge in [-0.1, -0.05) is 34.8 Å². The second-order valence-electron chi connectivity index (χ2n) is 4.70. The Kier molecular flexibility index (Phi) is 3.44. The lowest BCUT2D eigenvalue weighted by Gasteiger charge is -2.11. The van der Waals surface area contributed by atoms with Gasteiger partial charge in [0.1, 0.15) is 0 Å². The normalized spacial score (nSPS) is 12.1. The van der Waals surface area contributed by atoms with Crippen LogP contribution in [0.4, 0.5) is 5.69 Å². The number of carbonyl (C=O) groups excluding carboxylic acids is 2. The fraction of sp³-hybridized carbons (Fsp3) is 0.0667. The molecule has 0 fully saturated rings. The van der Waals surface area contributed by atoms with Gasteiger partial charge in [0.25, 0.3) is 0 Å². The number of anilines is 1. The van der Waals surface area contributed by atoms with E-state index in [2.05, 4.69) is 5.32 Å². The van der Waals surface area contributed by atoms with E-state index in [0.717, 1.165) is 0 Å². The Balaban J connectivity index is 2.36. The molecular weight excluding hydrogens is 333 g/mol. The number of hydrogen-bond acceptors (Lipinski definition) is 2. The average molecular weight is 341 g/mol. The van der Waals surface area contributed by atoms with Gasteiger partial charge in [-0.05, 0) is 24.3 Å². The number of nitrogens with one attached hydrogen (secondary N) is 1. The summed E-state index contributed by atoms with van der Waals surface area (Å²) in [4.78, 5) is 23.9. The van der Waals surface area contributed by atoms with Gasteiger partial charge in [0, 0.05) is 39.2 Å². The lowest BCUT2D eigenvalue weighted by atomic mass is 10.0. The van der Waals surface area contributed by atoms with Crippen molar-refractivity contribution >= 4 is 52.2 Å². The third-order valence-corrected chi connectivity index (χ3v) is 3.94. The maximum Gasteiger partial charge on any atom is 0.221 e. The van der Waals surface area contributed by atoms with Gasteiger partial charge in [-0.25, -0.2) is 0 Å². The molecule has 0 bridgehead atoms. The van der Waals surface area contributed by atoms with Crippen LogP contribution in [0.5, 0.6) is 0 Å². The van der Waals surface area contributed by atoms with Gasteiger partial charge in [-0.2, -0.15) is 0 Å². The largest absolute Gasteiger partial charge is 0.326 e. The first-order valence-electron chi connectivity index (χ1n) is 6.03. The van der Waals surface area contributed by atoms with E-state index >= 15 is 0 Å². The molecule has 2 aromatic rings. The molecular formula is C15H8Cl3NO2. The molecule has 0 unspecified atom stereocenters. The highest BCUT2D eigenvalue weighted by Crippen LogP contribution is 2.47. The first kappa shape index (κ1) is 14.4. The fourth-order valence-electron chi connectivity index (χ4n) is 2.50. The van der Waals surface area contributed by atoms with E-state index in [0.29, 0.717) is 43.0 Å². The zero-order valence-electron chi connectivity index (χ0n) is 10.8. The minimum Gasteiger partial charge on any atom is -0.326 e. The van der Waals surface area contributed by atoms with Gasteiger partial charge in [-0.3, -0.25) is 9.59 Å². The summed E-state index contributed by atoms with van der Waals surface area (Å²) in [5.74, 6) is -0.469. The molecule has 106 valence electrons. The molecule has 0 aliphatic heterocycles. The van der Waals surface area contributed by atoms with E-state index in [1.807, 2.05) is 0 Å². The molecule has 0 saturated carbocycles. The van der Waals surface area contributed by atoms with E-state index in [-0.39, 0.29) is 11.7 Å². The van der Waals surface area contributed by atoms with Crippen molar-refractivity contribution in [2.24, 2.45) is 0 Å². The first-order valence-corrected chi connectivity index (χ1v) is 7.17. The van der Waals surface area contributed by atoms with Crippen LogP contribution in [0.3, 0.4) is 0 Å². The van der Waals surface area contributed by atoms with Crippen LogP contribution in [0.2, 0.25) is 15.1 Å². The van der Waals surface area contributed by atoms with Crippen molar-refractivity contribution < 1.29 is 9.59 Å². The van der Waals surface area contributed by atoms with Crippen LogP contribution < -0.4 is 5.32 Å². The minimum absolute atomic E-state index is 0.210. The summed E-state index contributed by atoms with van der Waals surface area (Å²) in [5.41, 5.74) is 2.43. The minimum atomic E-state index is -0.259. The van der Waals surface area contributed by atoms with Crippen LogP contribution in [0.15, 0.2) is 24.3 Å². The molecule has 0 aromatic heterocycles. The van der Waals surface area contributed by atoms with Crippen molar-refractivity contribution in [3.63, 3.8) is 0 Å². The summed E-state index contributed by atoms with van der Waals surface area (Å²) >= 11 is 18.2. The number of carbonyl (C=O) groups is 2. The van der Waals surface area contributed by atoms with E-state index in [1.165, 1.54) is 6.92 Å². The number of hydrogen-bond donors (Lipinski definition) is 1. The number of ketones is 1. The molecule has 0 atom stereocenters. The summed E-state index contributed by atoms with van der Waals surface area (Å²) in [6.07, 6.45) is 0. The third-order valence-electron chi connectivity index (χ3n) is 3.21. The molecule has 1 aliphatic rings. The molecule has 1 N–H and O–H groups in total. The zero-order valence-corrected chi connectivity index (χ0v) is 13.0. The van der Waals surface area contributed by atoms with E-state index in [1.54, 1.807) is 24.3 Å². The highest BCUT2D eigenvalue weighted by Gasteiger charge is 2.32. The SMILES string of the molecule is CC(=O)Nc1cc(Cl)cc2c1-c1c(Cl)cc(Cl)cc1C2=O. The highest BCUT2D eigenvalue weighted by atomic mass is 35.5. The van der Waals surface area contributed by atoms with Gasteiger partial charge in [-0.15, -0.1) is 0 Å². The average Bonchev–Trinajstić information content (AvgIpc) is 2.63. The van der Waals surface area contributed by atoms with Crippen molar-refractivity contribution in [2.75, 3.05) is 5.32 Å².